The molecular weight excluding hydrogens is 314 g/mol. The number of nitrogens with one attached hydrogen (secondary N) is 1. The Kier molecular flexibility index (Phi) is 5.90. The van der Waals surface area contributed by atoms with Crippen LogP contribution in [0.2, 0.25) is 0 Å². The monoisotopic (exact) mass is 337 g/mol. The molecule has 126 valence electrons. The summed E-state index contributed by atoms with van der Waals surface area (Å²) in [6, 6.07) is 0. The number of amides is 1. The summed E-state index contributed by atoms with van der Waals surface area (Å²) in [6.45, 7) is 7.91. The van der Waals surface area contributed by atoms with Gasteiger partial charge in [-0.3, -0.25) is 9.59 Å². The summed E-state index contributed by atoms with van der Waals surface area (Å²) in [7, 11) is 1.66. The zero-order valence-corrected chi connectivity index (χ0v) is 14.8. The van der Waals surface area contributed by atoms with Gasteiger partial charge >= 0.3 is 0 Å². The van der Waals surface area contributed by atoms with Crippen LogP contribution in [0.5, 0.6) is 0 Å². The van der Waals surface area contributed by atoms with Gasteiger partial charge in [-0.1, -0.05) is 13.8 Å². The van der Waals surface area contributed by atoms with Crippen molar-refractivity contribution in [1.82, 2.24) is 14.9 Å². The molecule has 1 amide bonds. The van der Waals surface area contributed by atoms with Gasteiger partial charge in [0.2, 0.25) is 0 Å². The predicted molar refractivity (Wildman–Crippen MR) is 92.2 cm³/mol. The molecule has 0 aliphatic heterocycles. The van der Waals surface area contributed by atoms with Gasteiger partial charge in [-0.25, -0.2) is 4.98 Å². The number of nitrogens with zero attached hydrogens (tertiary/aromatic N) is 2. The van der Waals surface area contributed by atoms with Crippen molar-refractivity contribution in [3.05, 3.63) is 27.1 Å². The van der Waals surface area contributed by atoms with Gasteiger partial charge in [-0.15, -0.1) is 11.3 Å². The van der Waals surface area contributed by atoms with E-state index in [1.54, 1.807) is 14.0 Å². The third kappa shape index (κ3) is 4.17. The third-order valence-electron chi connectivity index (χ3n) is 3.42. The van der Waals surface area contributed by atoms with Crippen LogP contribution in [-0.2, 0) is 11.8 Å². The largest absolute Gasteiger partial charge is 0.381 e. The molecule has 0 spiro atoms. The third-order valence-corrected chi connectivity index (χ3v) is 4.62. The second-order valence-electron chi connectivity index (χ2n) is 5.98. The van der Waals surface area contributed by atoms with Crippen molar-refractivity contribution in [2.45, 2.75) is 27.2 Å². The molecule has 0 aromatic carbocycles. The van der Waals surface area contributed by atoms with Crippen molar-refractivity contribution >= 4 is 27.5 Å². The first-order valence-electron chi connectivity index (χ1n) is 7.72. The van der Waals surface area contributed by atoms with Crippen LogP contribution in [0.15, 0.2) is 11.1 Å². The van der Waals surface area contributed by atoms with Gasteiger partial charge in [-0.05, 0) is 24.8 Å². The Labute approximate surface area is 139 Å². The number of carbonyl (C=O) groups excluding carboxylic acids is 1. The molecule has 2 aromatic heterocycles. The number of fused-ring (bicyclic) bond motifs is 1. The summed E-state index contributed by atoms with van der Waals surface area (Å²) in [4.78, 5) is 29.8. The van der Waals surface area contributed by atoms with Gasteiger partial charge in [-0.2, -0.15) is 0 Å². The second-order valence-corrected chi connectivity index (χ2v) is 6.97. The maximum Gasteiger partial charge on any atom is 0.262 e. The van der Waals surface area contributed by atoms with E-state index in [1.807, 2.05) is 0 Å². The Balaban J connectivity index is 1.98. The highest BCUT2D eigenvalue weighted by atomic mass is 32.1. The predicted octanol–water partition coefficient (Wildman–Crippen LogP) is 2.10. The summed E-state index contributed by atoms with van der Waals surface area (Å²) < 4.78 is 6.91. The molecule has 0 saturated carbocycles. The molecule has 0 unspecified atom stereocenters. The highest BCUT2D eigenvalue weighted by Crippen LogP contribution is 2.26. The van der Waals surface area contributed by atoms with Gasteiger partial charge in [0.15, 0.2) is 0 Å². The first-order chi connectivity index (χ1) is 10.9. The Morgan fingerprint density at radius 2 is 2.22 bits per heavy atom. The molecule has 2 rings (SSSR count). The van der Waals surface area contributed by atoms with E-state index in [0.29, 0.717) is 39.7 Å². The van der Waals surface area contributed by atoms with Crippen molar-refractivity contribution < 1.29 is 9.53 Å². The summed E-state index contributed by atoms with van der Waals surface area (Å²) in [5.74, 6) is 0.359. The molecule has 6 nitrogen and oxygen atoms in total. The van der Waals surface area contributed by atoms with Gasteiger partial charge < -0.3 is 14.6 Å². The first-order valence-corrected chi connectivity index (χ1v) is 8.54. The van der Waals surface area contributed by atoms with Crippen LogP contribution in [0.4, 0.5) is 0 Å². The number of ether oxygens (including phenoxy) is 1. The smallest absolute Gasteiger partial charge is 0.262 e. The van der Waals surface area contributed by atoms with Gasteiger partial charge in [0, 0.05) is 26.8 Å². The van der Waals surface area contributed by atoms with Crippen molar-refractivity contribution in [3.63, 3.8) is 0 Å². The summed E-state index contributed by atoms with van der Waals surface area (Å²) in [5, 5.41) is 3.41. The zero-order valence-electron chi connectivity index (χ0n) is 14.0. The van der Waals surface area contributed by atoms with Crippen molar-refractivity contribution in [1.29, 1.82) is 0 Å². The van der Waals surface area contributed by atoms with Crippen LogP contribution >= 0.6 is 11.3 Å². The Hall–Kier alpha value is -1.73. The van der Waals surface area contributed by atoms with Crippen LogP contribution in [0.25, 0.3) is 10.2 Å². The summed E-state index contributed by atoms with van der Waals surface area (Å²) >= 11 is 1.26. The quantitative estimate of drug-likeness (QED) is 0.785. The van der Waals surface area contributed by atoms with Crippen LogP contribution in [-0.4, -0.2) is 35.2 Å². The Bertz CT molecular complexity index is 749. The topological polar surface area (TPSA) is 73.2 Å². The normalized spacial score (nSPS) is 11.3. The minimum Gasteiger partial charge on any atom is -0.381 e. The van der Waals surface area contributed by atoms with Crippen molar-refractivity contribution in [3.8, 4) is 0 Å². The number of rotatable bonds is 7. The number of aryl methyl sites for hydroxylation is 2. The van der Waals surface area contributed by atoms with Gasteiger partial charge in [0.05, 0.1) is 16.6 Å². The van der Waals surface area contributed by atoms with E-state index in [-0.39, 0.29) is 11.5 Å². The number of carbonyl (C=O) groups is 1. The van der Waals surface area contributed by atoms with E-state index in [4.69, 9.17) is 4.74 Å². The van der Waals surface area contributed by atoms with Crippen LogP contribution in [0.3, 0.4) is 0 Å². The van der Waals surface area contributed by atoms with Crippen LogP contribution < -0.4 is 10.9 Å². The molecule has 23 heavy (non-hydrogen) atoms. The molecule has 0 fully saturated rings. The lowest BCUT2D eigenvalue weighted by Gasteiger charge is -2.07. The molecule has 2 aromatic rings. The van der Waals surface area contributed by atoms with E-state index in [1.165, 1.54) is 22.2 Å². The lowest BCUT2D eigenvalue weighted by molar-refractivity contribution is 0.0928. The molecule has 1 N–H and O–H groups in total. The summed E-state index contributed by atoms with van der Waals surface area (Å²) in [5.41, 5.74) is 0.581. The van der Waals surface area contributed by atoms with Gasteiger partial charge in [0.25, 0.3) is 11.5 Å². The molecule has 0 saturated heterocycles. The van der Waals surface area contributed by atoms with Gasteiger partial charge in [0.1, 0.15) is 4.83 Å². The molecule has 2 heterocycles. The minimum absolute atomic E-state index is 0.120. The fourth-order valence-corrected chi connectivity index (χ4v) is 3.26. The molecular formula is C16H23N3O3S. The van der Waals surface area contributed by atoms with Crippen LogP contribution in [0.1, 0.15) is 35.5 Å². The molecule has 0 aliphatic rings. The Morgan fingerprint density at radius 3 is 2.91 bits per heavy atom. The highest BCUT2D eigenvalue weighted by molar-refractivity contribution is 7.20. The summed E-state index contributed by atoms with van der Waals surface area (Å²) in [6.07, 6.45) is 2.25. The number of aromatic nitrogens is 2. The number of hydrogen-bond donors (Lipinski definition) is 1. The molecule has 0 aliphatic carbocycles. The Morgan fingerprint density at radius 1 is 1.48 bits per heavy atom. The average molecular weight is 337 g/mol. The van der Waals surface area contributed by atoms with E-state index >= 15 is 0 Å². The second kappa shape index (κ2) is 7.70. The molecule has 0 radical (unpaired) electrons. The lowest BCUT2D eigenvalue weighted by Crippen LogP contribution is -2.25. The molecule has 0 bridgehead atoms. The maximum absolute atomic E-state index is 12.3. The minimum atomic E-state index is -0.156. The van der Waals surface area contributed by atoms with Crippen molar-refractivity contribution in [2.75, 3.05) is 19.8 Å². The SMILES string of the molecule is Cc1c(C(=O)NCCCOCC(C)C)sc2ncn(C)c(=O)c12. The number of hydrogen-bond acceptors (Lipinski definition) is 5. The van der Waals surface area contributed by atoms with Crippen LogP contribution in [0, 0.1) is 12.8 Å². The van der Waals surface area contributed by atoms with E-state index in [0.717, 1.165) is 13.0 Å². The highest BCUT2D eigenvalue weighted by Gasteiger charge is 2.18. The fourth-order valence-electron chi connectivity index (χ4n) is 2.20. The maximum atomic E-state index is 12.3. The van der Waals surface area contributed by atoms with E-state index in [9.17, 15) is 9.59 Å². The lowest BCUT2D eigenvalue weighted by atomic mass is 10.2. The number of thiophene rings is 1. The zero-order chi connectivity index (χ0) is 17.0. The van der Waals surface area contributed by atoms with Crippen molar-refractivity contribution in [2.24, 2.45) is 13.0 Å². The van der Waals surface area contributed by atoms with E-state index in [2.05, 4.69) is 24.1 Å². The standard InChI is InChI=1S/C16H23N3O3S/c1-10(2)8-22-7-5-6-17-14(20)13-11(3)12-15(23-13)18-9-19(4)16(12)21/h9-10H,5-8H2,1-4H3,(H,17,20). The first kappa shape index (κ1) is 17.6. The molecule has 0 atom stereocenters. The molecule has 7 heteroatoms. The van der Waals surface area contributed by atoms with E-state index < -0.39 is 0 Å². The average Bonchev–Trinajstić information content (AvgIpc) is 2.84. The fraction of sp³-hybridized carbons (Fsp3) is 0.562.